The molecule has 3 fully saturated rings. The number of amides is 1. The smallest absolute Gasteiger partial charge is 0.303 e. The average Bonchev–Trinajstić information content (AvgIpc) is 3.44. The molecular weight excluding hydrogens is 372 g/mol. The van der Waals surface area contributed by atoms with Gasteiger partial charge in [-0.25, -0.2) is 4.98 Å². The molecule has 4 rings (SSSR count). The van der Waals surface area contributed by atoms with Gasteiger partial charge in [-0.1, -0.05) is 31.4 Å². The number of carboxylic acid groups (broad SMARTS) is 1. The van der Waals surface area contributed by atoms with Gasteiger partial charge in [0.25, 0.3) is 5.91 Å². The highest BCUT2D eigenvalue weighted by atomic mass is 16.5. The molecule has 3 heterocycles. The average molecular weight is 402 g/mol. The lowest BCUT2D eigenvalue weighted by molar-refractivity contribution is -0.136. The van der Waals surface area contributed by atoms with E-state index in [4.69, 9.17) is 14.3 Å². The maximum absolute atomic E-state index is 12.6. The first-order chi connectivity index (χ1) is 14.1. The summed E-state index contributed by atoms with van der Waals surface area (Å²) in [5, 5.41) is 11.8. The molecule has 2 bridgehead atoms. The van der Waals surface area contributed by atoms with Gasteiger partial charge in [-0.05, 0) is 38.5 Å². The van der Waals surface area contributed by atoms with Gasteiger partial charge in [0.05, 0.1) is 18.1 Å². The normalized spacial score (nSPS) is 29.5. The Kier molecular flexibility index (Phi) is 6.33. The zero-order chi connectivity index (χ0) is 20.2. The fourth-order valence-electron chi connectivity index (χ4n) is 5.05. The van der Waals surface area contributed by atoms with Crippen LogP contribution in [0.15, 0.2) is 22.8 Å². The second-order valence-electron chi connectivity index (χ2n) is 8.50. The van der Waals surface area contributed by atoms with E-state index in [2.05, 4.69) is 10.3 Å². The molecule has 3 aliphatic rings. The van der Waals surface area contributed by atoms with E-state index in [1.165, 1.54) is 25.5 Å². The molecule has 0 spiro atoms. The number of nitrogens with zero attached hydrogens (tertiary/aromatic N) is 1. The van der Waals surface area contributed by atoms with Crippen molar-refractivity contribution in [2.75, 3.05) is 0 Å². The highest BCUT2D eigenvalue weighted by Crippen LogP contribution is 2.50. The summed E-state index contributed by atoms with van der Waals surface area (Å²) in [5.74, 6) is -0.0394. The van der Waals surface area contributed by atoms with E-state index in [1.54, 1.807) is 0 Å². The first-order valence-corrected chi connectivity index (χ1v) is 10.9. The quantitative estimate of drug-likeness (QED) is 0.641. The molecule has 2 N–H and O–H groups in total. The maximum Gasteiger partial charge on any atom is 0.303 e. The number of nitrogens with one attached hydrogen (secondary N) is 1. The van der Waals surface area contributed by atoms with E-state index in [-0.39, 0.29) is 42.4 Å². The van der Waals surface area contributed by atoms with Crippen LogP contribution in [-0.4, -0.2) is 40.2 Å². The van der Waals surface area contributed by atoms with Gasteiger partial charge < -0.3 is 19.6 Å². The number of fused-ring (bicyclic) bond motifs is 2. The summed E-state index contributed by atoms with van der Waals surface area (Å²) in [6.45, 7) is 0. The molecule has 0 aromatic carbocycles. The third kappa shape index (κ3) is 4.71. The molecule has 4 unspecified atom stereocenters. The van der Waals surface area contributed by atoms with Crippen molar-refractivity contribution in [3.63, 3.8) is 0 Å². The molecule has 158 valence electrons. The Labute approximate surface area is 170 Å². The molecule has 2 aliphatic heterocycles. The predicted octanol–water partition coefficient (Wildman–Crippen LogP) is 3.81. The van der Waals surface area contributed by atoms with Crippen LogP contribution in [-0.2, 0) is 9.53 Å². The molecule has 1 amide bonds. The van der Waals surface area contributed by atoms with Crippen molar-refractivity contribution >= 4 is 11.9 Å². The minimum Gasteiger partial charge on any atom is -0.481 e. The first kappa shape index (κ1) is 20.1. The number of rotatable bonds is 8. The van der Waals surface area contributed by atoms with Gasteiger partial charge in [0.1, 0.15) is 6.26 Å². The number of carboxylic acids is 1. The van der Waals surface area contributed by atoms with E-state index in [0.717, 1.165) is 32.1 Å². The molecule has 2 saturated heterocycles. The summed E-state index contributed by atoms with van der Waals surface area (Å²) >= 11 is 0. The van der Waals surface area contributed by atoms with E-state index >= 15 is 0 Å². The summed E-state index contributed by atoms with van der Waals surface area (Å²) in [7, 11) is 0. The van der Waals surface area contributed by atoms with Crippen LogP contribution in [0.4, 0.5) is 0 Å². The SMILES string of the molecule is O=C(O)CCC=CCC1C2CCC(O2)C1c1nc(C(=O)NC2CCCCC2)co1. The second-order valence-corrected chi connectivity index (χ2v) is 8.50. The lowest BCUT2D eigenvalue weighted by Gasteiger charge is -2.24. The van der Waals surface area contributed by atoms with Crippen LogP contribution >= 0.6 is 0 Å². The van der Waals surface area contributed by atoms with Gasteiger partial charge >= 0.3 is 5.97 Å². The van der Waals surface area contributed by atoms with Crippen LogP contribution < -0.4 is 5.32 Å². The van der Waals surface area contributed by atoms with Crippen molar-refractivity contribution in [2.24, 2.45) is 5.92 Å². The van der Waals surface area contributed by atoms with Crippen LogP contribution in [0.5, 0.6) is 0 Å². The van der Waals surface area contributed by atoms with Crippen LogP contribution in [0, 0.1) is 5.92 Å². The number of oxazole rings is 1. The molecule has 4 atom stereocenters. The molecule has 1 saturated carbocycles. The van der Waals surface area contributed by atoms with E-state index < -0.39 is 5.97 Å². The van der Waals surface area contributed by atoms with Crippen molar-refractivity contribution < 1.29 is 23.8 Å². The number of aliphatic carboxylic acids is 1. The van der Waals surface area contributed by atoms with Gasteiger partial charge in [0.2, 0.25) is 5.89 Å². The highest BCUT2D eigenvalue weighted by Gasteiger charge is 2.51. The van der Waals surface area contributed by atoms with Crippen molar-refractivity contribution in [1.82, 2.24) is 10.3 Å². The first-order valence-electron chi connectivity index (χ1n) is 10.9. The van der Waals surface area contributed by atoms with Crippen LogP contribution in [0.3, 0.4) is 0 Å². The molecule has 1 aromatic heterocycles. The molecule has 7 nitrogen and oxygen atoms in total. The van der Waals surface area contributed by atoms with Crippen molar-refractivity contribution in [1.29, 1.82) is 0 Å². The molecular formula is C22H30N2O5. The second kappa shape index (κ2) is 9.11. The van der Waals surface area contributed by atoms with Crippen LogP contribution in [0.25, 0.3) is 0 Å². The summed E-state index contributed by atoms with van der Waals surface area (Å²) in [5.41, 5.74) is 0.351. The zero-order valence-corrected chi connectivity index (χ0v) is 16.7. The Morgan fingerprint density at radius 1 is 1.14 bits per heavy atom. The van der Waals surface area contributed by atoms with Crippen LogP contribution in [0.2, 0.25) is 0 Å². The molecule has 7 heteroatoms. The van der Waals surface area contributed by atoms with E-state index in [9.17, 15) is 9.59 Å². The lowest BCUT2D eigenvalue weighted by Crippen LogP contribution is -2.36. The fourth-order valence-corrected chi connectivity index (χ4v) is 5.05. The van der Waals surface area contributed by atoms with Gasteiger partial charge in [0.15, 0.2) is 5.69 Å². The Hall–Kier alpha value is -2.15. The van der Waals surface area contributed by atoms with Gasteiger partial charge in [-0.2, -0.15) is 0 Å². The number of hydrogen-bond donors (Lipinski definition) is 2. The monoisotopic (exact) mass is 402 g/mol. The number of ether oxygens (including phenoxy) is 1. The van der Waals surface area contributed by atoms with Gasteiger partial charge in [0, 0.05) is 18.4 Å². The summed E-state index contributed by atoms with van der Waals surface area (Å²) < 4.78 is 11.9. The minimum absolute atomic E-state index is 0.0501. The minimum atomic E-state index is -0.783. The summed E-state index contributed by atoms with van der Waals surface area (Å²) in [6, 6.07) is 0.242. The number of allylic oxidation sites excluding steroid dienone is 2. The number of carbonyl (C=O) groups excluding carboxylic acids is 1. The standard InChI is InChI=1S/C22H30N2O5/c25-19(26)10-6-2-5-9-15-17-11-12-18(29-17)20(15)22-24-16(13-28-22)21(27)23-14-7-3-1-4-8-14/h2,5,13-15,17-18,20H,1,3-4,6-12H2,(H,23,27)(H,25,26). The predicted molar refractivity (Wildman–Crippen MR) is 106 cm³/mol. The van der Waals surface area contributed by atoms with Gasteiger partial charge in [-0.15, -0.1) is 0 Å². The Bertz CT molecular complexity index is 752. The Balaban J connectivity index is 1.38. The van der Waals surface area contributed by atoms with Crippen molar-refractivity contribution in [2.45, 2.75) is 88.4 Å². The lowest BCUT2D eigenvalue weighted by atomic mass is 9.77. The van der Waals surface area contributed by atoms with Crippen molar-refractivity contribution in [3.05, 3.63) is 30.0 Å². The largest absolute Gasteiger partial charge is 0.481 e. The fraction of sp³-hybridized carbons (Fsp3) is 0.682. The van der Waals surface area contributed by atoms with E-state index in [0.29, 0.717) is 18.0 Å². The van der Waals surface area contributed by atoms with E-state index in [1.807, 2.05) is 12.2 Å². The number of carbonyl (C=O) groups is 2. The van der Waals surface area contributed by atoms with Crippen LogP contribution in [0.1, 0.15) is 86.5 Å². The summed E-state index contributed by atoms with van der Waals surface area (Å²) in [4.78, 5) is 27.7. The Morgan fingerprint density at radius 2 is 1.93 bits per heavy atom. The summed E-state index contributed by atoms with van der Waals surface area (Å²) in [6.07, 6.45) is 14.9. The molecule has 29 heavy (non-hydrogen) atoms. The highest BCUT2D eigenvalue weighted by molar-refractivity contribution is 5.92. The Morgan fingerprint density at radius 3 is 2.72 bits per heavy atom. The molecule has 1 aromatic rings. The number of hydrogen-bond acceptors (Lipinski definition) is 5. The molecule has 1 aliphatic carbocycles. The third-order valence-electron chi connectivity index (χ3n) is 6.50. The maximum atomic E-state index is 12.6. The topological polar surface area (TPSA) is 102 Å². The number of aromatic nitrogens is 1. The zero-order valence-electron chi connectivity index (χ0n) is 16.7. The van der Waals surface area contributed by atoms with Crippen molar-refractivity contribution in [3.8, 4) is 0 Å². The van der Waals surface area contributed by atoms with Gasteiger partial charge in [-0.3, -0.25) is 9.59 Å². The third-order valence-corrected chi connectivity index (χ3v) is 6.50. The molecule has 0 radical (unpaired) electrons.